The molecule has 28 heavy (non-hydrogen) atoms. The van der Waals surface area contributed by atoms with Crippen LogP contribution in [0.3, 0.4) is 0 Å². The molecule has 0 saturated carbocycles. The molecular formula is C21H21F2N3O2. The summed E-state index contributed by atoms with van der Waals surface area (Å²) >= 11 is 0. The Labute approximate surface area is 161 Å². The van der Waals surface area contributed by atoms with E-state index in [1.807, 2.05) is 13.8 Å². The van der Waals surface area contributed by atoms with Gasteiger partial charge in [0.1, 0.15) is 11.6 Å². The molecule has 3 rings (SSSR count). The van der Waals surface area contributed by atoms with Crippen molar-refractivity contribution in [1.29, 1.82) is 0 Å². The third-order valence-electron chi connectivity index (χ3n) is 4.40. The normalized spacial score (nSPS) is 12.4. The Hall–Kier alpha value is -3.09. The summed E-state index contributed by atoms with van der Waals surface area (Å²) in [5.41, 5.74) is -0.0155. The Morgan fingerprint density at radius 1 is 1.11 bits per heavy atom. The molecule has 146 valence electrons. The van der Waals surface area contributed by atoms with Crippen molar-refractivity contribution in [3.05, 3.63) is 75.7 Å². The highest BCUT2D eigenvalue weighted by molar-refractivity contribution is 6.04. The number of carbonyl (C=O) groups is 1. The summed E-state index contributed by atoms with van der Waals surface area (Å²) in [5.74, 6) is -1.80. The second-order valence-electron chi connectivity index (χ2n) is 7.14. The molecule has 3 aromatic rings. The minimum absolute atomic E-state index is 0.0882. The Bertz CT molecular complexity index is 1090. The van der Waals surface area contributed by atoms with E-state index in [0.29, 0.717) is 17.3 Å². The van der Waals surface area contributed by atoms with Crippen LogP contribution in [-0.2, 0) is 6.54 Å². The number of amides is 1. The summed E-state index contributed by atoms with van der Waals surface area (Å²) in [6.45, 7) is 5.86. The highest BCUT2D eigenvalue weighted by Crippen LogP contribution is 2.19. The van der Waals surface area contributed by atoms with Crippen LogP contribution >= 0.6 is 0 Å². The quantitative estimate of drug-likeness (QED) is 0.726. The van der Waals surface area contributed by atoms with Gasteiger partial charge in [-0.25, -0.2) is 13.5 Å². The molecule has 1 N–H and O–H groups in total. The molecule has 0 fully saturated rings. The number of hydrogen-bond donors (Lipinski definition) is 1. The number of nitrogens with zero attached hydrogens (tertiary/aromatic N) is 2. The number of rotatable bonds is 5. The second-order valence-corrected chi connectivity index (χ2v) is 7.14. The number of hydrogen-bond acceptors (Lipinski definition) is 3. The van der Waals surface area contributed by atoms with Gasteiger partial charge in [-0.3, -0.25) is 9.59 Å². The highest BCUT2D eigenvalue weighted by atomic mass is 19.1. The molecular weight excluding hydrogens is 364 g/mol. The minimum Gasteiger partial charge on any atom is -0.344 e. The smallest absolute Gasteiger partial charge is 0.274 e. The molecule has 1 atom stereocenters. The predicted octanol–water partition coefficient (Wildman–Crippen LogP) is 3.82. The van der Waals surface area contributed by atoms with E-state index in [1.54, 1.807) is 31.2 Å². The lowest BCUT2D eigenvalue weighted by Gasteiger charge is -2.17. The van der Waals surface area contributed by atoms with Gasteiger partial charge in [0, 0.05) is 23.6 Å². The fourth-order valence-corrected chi connectivity index (χ4v) is 3.07. The summed E-state index contributed by atoms with van der Waals surface area (Å²) in [6.07, 6.45) is 0. The number of carbonyl (C=O) groups excluding carboxylic acids is 1. The van der Waals surface area contributed by atoms with Crippen molar-refractivity contribution in [2.75, 3.05) is 0 Å². The van der Waals surface area contributed by atoms with Crippen molar-refractivity contribution in [1.82, 2.24) is 15.1 Å². The van der Waals surface area contributed by atoms with Crippen molar-refractivity contribution in [3.8, 4) is 0 Å². The molecule has 0 bridgehead atoms. The molecule has 0 aliphatic carbocycles. The van der Waals surface area contributed by atoms with Crippen LogP contribution in [-0.4, -0.2) is 15.7 Å². The van der Waals surface area contributed by atoms with E-state index in [4.69, 9.17) is 0 Å². The first-order valence-corrected chi connectivity index (χ1v) is 9.03. The lowest BCUT2D eigenvalue weighted by atomic mass is 10.1. The number of halogens is 2. The summed E-state index contributed by atoms with van der Waals surface area (Å²) in [7, 11) is 0. The van der Waals surface area contributed by atoms with Gasteiger partial charge < -0.3 is 5.32 Å². The first kappa shape index (κ1) is 19.7. The highest BCUT2D eigenvalue weighted by Gasteiger charge is 2.20. The maximum Gasteiger partial charge on any atom is 0.274 e. The largest absolute Gasteiger partial charge is 0.344 e. The van der Waals surface area contributed by atoms with Gasteiger partial charge in [0.25, 0.3) is 11.5 Å². The number of nitrogens with one attached hydrogen (secondary N) is 1. The molecule has 2 aromatic carbocycles. The van der Waals surface area contributed by atoms with E-state index in [-0.39, 0.29) is 22.7 Å². The van der Waals surface area contributed by atoms with Gasteiger partial charge in [0.2, 0.25) is 0 Å². The van der Waals surface area contributed by atoms with Gasteiger partial charge in [-0.05, 0) is 25.0 Å². The lowest BCUT2D eigenvalue weighted by molar-refractivity contribution is 0.0933. The van der Waals surface area contributed by atoms with Crippen LogP contribution < -0.4 is 10.9 Å². The number of benzene rings is 2. The molecule has 7 heteroatoms. The van der Waals surface area contributed by atoms with Crippen molar-refractivity contribution < 1.29 is 13.6 Å². The zero-order valence-electron chi connectivity index (χ0n) is 15.9. The van der Waals surface area contributed by atoms with E-state index in [2.05, 4.69) is 10.4 Å². The molecule has 0 spiro atoms. The first-order valence-electron chi connectivity index (χ1n) is 9.03. The third kappa shape index (κ3) is 3.93. The summed E-state index contributed by atoms with van der Waals surface area (Å²) < 4.78 is 28.4. The summed E-state index contributed by atoms with van der Waals surface area (Å²) in [5, 5.41) is 7.77. The zero-order chi connectivity index (χ0) is 20.4. The first-order chi connectivity index (χ1) is 13.3. The Balaban J connectivity index is 2.01. The van der Waals surface area contributed by atoms with E-state index in [0.717, 1.165) is 12.1 Å². The van der Waals surface area contributed by atoms with E-state index in [1.165, 1.54) is 10.7 Å². The minimum atomic E-state index is -0.740. The number of aromatic nitrogens is 2. The van der Waals surface area contributed by atoms with E-state index < -0.39 is 23.6 Å². The van der Waals surface area contributed by atoms with Crippen LogP contribution in [0.15, 0.2) is 47.3 Å². The van der Waals surface area contributed by atoms with Crippen LogP contribution in [0.25, 0.3) is 10.8 Å². The van der Waals surface area contributed by atoms with Gasteiger partial charge in [0.15, 0.2) is 5.69 Å². The van der Waals surface area contributed by atoms with Crippen molar-refractivity contribution in [2.45, 2.75) is 33.4 Å². The van der Waals surface area contributed by atoms with Gasteiger partial charge in [0.05, 0.1) is 11.4 Å². The van der Waals surface area contributed by atoms with Crippen LogP contribution in [0.5, 0.6) is 0 Å². The van der Waals surface area contributed by atoms with E-state index in [9.17, 15) is 18.4 Å². The lowest BCUT2D eigenvalue weighted by Crippen LogP contribution is -2.33. The average molecular weight is 385 g/mol. The fourth-order valence-electron chi connectivity index (χ4n) is 3.07. The SMILES string of the molecule is CC(C)Cn1nc(C(=O)N[C@@H](C)c2ccc(F)cc2F)c2ccccc2c1=O. The topological polar surface area (TPSA) is 64.0 Å². The second kappa shape index (κ2) is 7.88. The molecule has 1 aromatic heterocycles. The summed E-state index contributed by atoms with van der Waals surface area (Å²) in [4.78, 5) is 25.5. The zero-order valence-corrected chi connectivity index (χ0v) is 15.9. The van der Waals surface area contributed by atoms with Crippen LogP contribution in [0.1, 0.15) is 42.9 Å². The molecule has 0 saturated heterocycles. The molecule has 1 amide bonds. The molecule has 1 heterocycles. The van der Waals surface area contributed by atoms with Gasteiger partial charge in [-0.2, -0.15) is 5.10 Å². The molecule has 5 nitrogen and oxygen atoms in total. The van der Waals surface area contributed by atoms with Gasteiger partial charge >= 0.3 is 0 Å². The van der Waals surface area contributed by atoms with Crippen molar-refractivity contribution >= 4 is 16.7 Å². The molecule has 0 radical (unpaired) electrons. The summed E-state index contributed by atoms with van der Waals surface area (Å²) in [6, 6.07) is 9.24. The van der Waals surface area contributed by atoms with Crippen molar-refractivity contribution in [3.63, 3.8) is 0 Å². The van der Waals surface area contributed by atoms with Gasteiger partial charge in [-0.1, -0.05) is 38.1 Å². The maximum atomic E-state index is 14.0. The van der Waals surface area contributed by atoms with E-state index >= 15 is 0 Å². The fraction of sp³-hybridized carbons (Fsp3) is 0.286. The molecule has 0 unspecified atom stereocenters. The van der Waals surface area contributed by atoms with Crippen LogP contribution in [0, 0.1) is 17.6 Å². The Morgan fingerprint density at radius 3 is 2.43 bits per heavy atom. The Kier molecular flexibility index (Phi) is 5.53. The molecule has 0 aliphatic heterocycles. The standard InChI is InChI=1S/C21H21F2N3O2/c1-12(2)11-26-21(28)17-7-5-4-6-16(17)19(25-26)20(27)24-13(3)15-9-8-14(22)10-18(15)23/h4-10,12-13H,11H2,1-3H3,(H,24,27)/t13-/m0/s1. The third-order valence-corrected chi connectivity index (χ3v) is 4.40. The van der Waals surface area contributed by atoms with Gasteiger partial charge in [-0.15, -0.1) is 0 Å². The predicted molar refractivity (Wildman–Crippen MR) is 103 cm³/mol. The van der Waals surface area contributed by atoms with Crippen LogP contribution in [0.4, 0.5) is 8.78 Å². The number of fused-ring (bicyclic) bond motifs is 1. The van der Waals surface area contributed by atoms with Crippen LogP contribution in [0.2, 0.25) is 0 Å². The molecule has 0 aliphatic rings. The Morgan fingerprint density at radius 2 is 1.79 bits per heavy atom. The maximum absolute atomic E-state index is 14.0. The average Bonchev–Trinajstić information content (AvgIpc) is 2.63. The van der Waals surface area contributed by atoms with Crippen molar-refractivity contribution in [2.24, 2.45) is 5.92 Å². The monoisotopic (exact) mass is 385 g/mol.